The van der Waals surface area contributed by atoms with Gasteiger partial charge in [0.15, 0.2) is 8.32 Å². The molecule has 0 spiro atoms. The highest BCUT2D eigenvalue weighted by atomic mass is 28.4. The van der Waals surface area contributed by atoms with Crippen molar-refractivity contribution >= 4 is 8.32 Å². The van der Waals surface area contributed by atoms with Crippen molar-refractivity contribution in [1.82, 2.24) is 0 Å². The van der Waals surface area contributed by atoms with Gasteiger partial charge in [0.05, 0.1) is 0 Å². The summed E-state index contributed by atoms with van der Waals surface area (Å²) in [4.78, 5) is 0. The van der Waals surface area contributed by atoms with Crippen LogP contribution in [-0.4, -0.2) is 31.8 Å². The molecular weight excluding hydrogens is 489 g/mol. The smallest absolute Gasteiger partial charge is 0.414 e. The first kappa shape index (κ1) is 29.6. The van der Waals surface area contributed by atoms with Gasteiger partial charge in [-0.1, -0.05) is 53.2 Å². The number of allylic oxidation sites excluding steroid dienone is 1. The van der Waals surface area contributed by atoms with Gasteiger partial charge in [0.2, 0.25) is 0 Å². The van der Waals surface area contributed by atoms with E-state index in [4.69, 9.17) is 4.43 Å². The van der Waals surface area contributed by atoms with Crippen molar-refractivity contribution in [2.75, 3.05) is 0 Å². The molecule has 3 saturated carbocycles. The van der Waals surface area contributed by atoms with E-state index < -0.39 is 20.6 Å². The van der Waals surface area contributed by atoms with Crippen molar-refractivity contribution in [1.29, 1.82) is 0 Å². The van der Waals surface area contributed by atoms with Crippen molar-refractivity contribution < 1.29 is 22.7 Å². The fourth-order valence-electron chi connectivity index (χ4n) is 9.08. The largest absolute Gasteiger partial charge is 0.414 e. The van der Waals surface area contributed by atoms with Gasteiger partial charge in [0.1, 0.15) is 6.10 Å². The molecule has 214 valence electrons. The minimum atomic E-state index is -4.50. The van der Waals surface area contributed by atoms with E-state index >= 15 is 0 Å². The number of halogens is 3. The molecule has 0 saturated heterocycles. The zero-order valence-electron chi connectivity index (χ0n) is 24.7. The van der Waals surface area contributed by atoms with Crippen LogP contribution in [0.1, 0.15) is 106 Å². The molecule has 37 heavy (non-hydrogen) atoms. The third-order valence-electron chi connectivity index (χ3n) is 12.4. The molecule has 4 aliphatic rings. The van der Waals surface area contributed by atoms with E-state index in [0.717, 1.165) is 31.6 Å². The van der Waals surface area contributed by atoms with Gasteiger partial charge in [-0.05, 0) is 123 Å². The summed E-state index contributed by atoms with van der Waals surface area (Å²) in [6.07, 6.45) is 5.96. The predicted octanol–water partition coefficient (Wildman–Crippen LogP) is 9.30. The van der Waals surface area contributed by atoms with Crippen LogP contribution in [0.3, 0.4) is 0 Å². The Morgan fingerprint density at radius 2 is 1.70 bits per heavy atom. The topological polar surface area (TPSA) is 29.5 Å². The Morgan fingerprint density at radius 1 is 1.03 bits per heavy atom. The lowest BCUT2D eigenvalue weighted by Crippen LogP contribution is -2.52. The van der Waals surface area contributed by atoms with Gasteiger partial charge in [0.25, 0.3) is 0 Å². The maximum atomic E-state index is 12.9. The Hall–Kier alpha value is -0.333. The van der Waals surface area contributed by atoms with E-state index in [1.807, 2.05) is 0 Å². The second kappa shape index (κ2) is 9.94. The van der Waals surface area contributed by atoms with Crippen molar-refractivity contribution in [3.63, 3.8) is 0 Å². The first-order chi connectivity index (χ1) is 16.9. The molecule has 0 bridgehead atoms. The Kier molecular flexibility index (Phi) is 7.96. The quantitative estimate of drug-likeness (QED) is 0.268. The van der Waals surface area contributed by atoms with Gasteiger partial charge in [-0.3, -0.25) is 0 Å². The molecule has 3 fully saturated rings. The predicted molar refractivity (Wildman–Crippen MR) is 148 cm³/mol. The second-order valence-electron chi connectivity index (χ2n) is 15.3. The standard InChI is InChI=1S/C31H53F3O2Si/c1-20(9-14-27(35)31(32,33)34)24-12-13-25-23-11-10-21-19-22(36-37(7,8)28(2,3)4)15-17-29(21,5)26(23)16-18-30(24,25)6/h10,20,22-27,35H,9,11-19H2,1-8H3/t20?,22-,23?,24?,25?,26?,27?,29?,30?/m0/s1. The van der Waals surface area contributed by atoms with Gasteiger partial charge < -0.3 is 9.53 Å². The van der Waals surface area contributed by atoms with Gasteiger partial charge in [-0.15, -0.1) is 0 Å². The van der Waals surface area contributed by atoms with Crippen LogP contribution < -0.4 is 0 Å². The van der Waals surface area contributed by atoms with Crippen LogP contribution in [-0.2, 0) is 4.43 Å². The first-order valence-electron chi connectivity index (χ1n) is 15.0. The highest BCUT2D eigenvalue weighted by molar-refractivity contribution is 6.74. The summed E-state index contributed by atoms with van der Waals surface area (Å²) >= 11 is 0. The van der Waals surface area contributed by atoms with Gasteiger partial charge in [-0.25, -0.2) is 0 Å². The maximum absolute atomic E-state index is 12.9. The highest BCUT2D eigenvalue weighted by Crippen LogP contribution is 2.67. The highest BCUT2D eigenvalue weighted by Gasteiger charge is 2.59. The van der Waals surface area contributed by atoms with E-state index in [0.29, 0.717) is 30.3 Å². The summed E-state index contributed by atoms with van der Waals surface area (Å²) in [5.41, 5.74) is 2.14. The van der Waals surface area contributed by atoms with Crippen LogP contribution >= 0.6 is 0 Å². The van der Waals surface area contributed by atoms with E-state index in [2.05, 4.69) is 60.7 Å². The van der Waals surface area contributed by atoms with Crippen molar-refractivity contribution in [3.05, 3.63) is 11.6 Å². The summed E-state index contributed by atoms with van der Waals surface area (Å²) in [7, 11) is -1.78. The zero-order chi connectivity index (χ0) is 27.6. The molecule has 0 heterocycles. The van der Waals surface area contributed by atoms with Crippen LogP contribution in [0.25, 0.3) is 0 Å². The molecule has 2 nitrogen and oxygen atoms in total. The second-order valence-corrected chi connectivity index (χ2v) is 20.1. The summed E-state index contributed by atoms with van der Waals surface area (Å²) in [5, 5.41) is 9.78. The number of aliphatic hydroxyl groups excluding tert-OH is 1. The molecule has 4 rings (SSSR count). The Morgan fingerprint density at radius 3 is 2.32 bits per heavy atom. The van der Waals surface area contributed by atoms with E-state index in [1.165, 1.54) is 25.7 Å². The Labute approximate surface area is 225 Å². The third-order valence-corrected chi connectivity index (χ3v) is 16.9. The number of fused-ring (bicyclic) bond motifs is 5. The molecule has 0 amide bonds. The van der Waals surface area contributed by atoms with Crippen LogP contribution in [0.4, 0.5) is 13.2 Å². The van der Waals surface area contributed by atoms with Crippen molar-refractivity contribution in [2.24, 2.45) is 40.4 Å². The van der Waals surface area contributed by atoms with Crippen molar-refractivity contribution in [3.8, 4) is 0 Å². The van der Waals surface area contributed by atoms with E-state index in [-0.39, 0.29) is 28.2 Å². The fourth-order valence-corrected chi connectivity index (χ4v) is 10.5. The number of hydrogen-bond acceptors (Lipinski definition) is 2. The lowest BCUT2D eigenvalue weighted by Gasteiger charge is -2.59. The number of rotatable bonds is 6. The summed E-state index contributed by atoms with van der Waals surface area (Å²) in [6, 6.07) is 0. The molecular formula is C31H53F3O2Si. The number of hydrogen-bond donors (Lipinski definition) is 1. The Balaban J connectivity index is 1.45. The monoisotopic (exact) mass is 542 g/mol. The molecule has 0 aromatic rings. The summed E-state index contributed by atoms with van der Waals surface area (Å²) < 4.78 is 45.5. The first-order valence-corrected chi connectivity index (χ1v) is 17.9. The molecule has 8 unspecified atom stereocenters. The van der Waals surface area contributed by atoms with Crippen LogP contribution in [0, 0.1) is 40.4 Å². The van der Waals surface area contributed by atoms with Gasteiger partial charge >= 0.3 is 6.18 Å². The Bertz CT molecular complexity index is 861. The summed E-state index contributed by atoms with van der Waals surface area (Å²) in [6.45, 7) is 18.8. The van der Waals surface area contributed by atoms with Crippen molar-refractivity contribution in [2.45, 2.75) is 142 Å². The SMILES string of the molecule is CC(CCC(O)C(F)(F)F)C1CCC2C3CC=C4C[C@@H](O[Si](C)(C)C(C)(C)C)CCC4(C)C3CCC12C. The number of aliphatic hydroxyl groups is 1. The molecule has 0 radical (unpaired) electrons. The maximum Gasteiger partial charge on any atom is 0.414 e. The normalized spacial score (nSPS) is 40.3. The lowest BCUT2D eigenvalue weighted by molar-refractivity contribution is -0.206. The van der Waals surface area contributed by atoms with Crippen LogP contribution in [0.5, 0.6) is 0 Å². The van der Waals surface area contributed by atoms with Gasteiger partial charge in [0, 0.05) is 6.10 Å². The minimum Gasteiger partial charge on any atom is -0.414 e. The van der Waals surface area contributed by atoms with E-state index in [9.17, 15) is 18.3 Å². The average molecular weight is 543 g/mol. The minimum absolute atomic E-state index is 0.170. The number of alkyl halides is 3. The third kappa shape index (κ3) is 5.38. The fraction of sp³-hybridized carbons (Fsp3) is 0.935. The zero-order valence-corrected chi connectivity index (χ0v) is 25.7. The lowest BCUT2D eigenvalue weighted by atomic mass is 9.47. The average Bonchev–Trinajstić information content (AvgIpc) is 3.13. The molecule has 0 aliphatic heterocycles. The molecule has 0 aromatic heterocycles. The molecule has 4 aliphatic carbocycles. The molecule has 9 atom stereocenters. The van der Waals surface area contributed by atoms with Crippen LogP contribution in [0.15, 0.2) is 11.6 Å². The van der Waals surface area contributed by atoms with Crippen LogP contribution in [0.2, 0.25) is 18.1 Å². The summed E-state index contributed by atoms with van der Waals surface area (Å²) in [5.74, 6) is 2.77. The molecule has 6 heteroatoms. The van der Waals surface area contributed by atoms with Gasteiger partial charge in [-0.2, -0.15) is 13.2 Å². The molecule has 1 N–H and O–H groups in total. The molecule has 0 aromatic carbocycles. The van der Waals surface area contributed by atoms with E-state index in [1.54, 1.807) is 5.57 Å².